The van der Waals surface area contributed by atoms with Crippen LogP contribution < -0.4 is 5.73 Å². The highest BCUT2D eigenvalue weighted by Crippen LogP contribution is 2.18. The standard InChI is InChI=1S/C10H10ClN3O2/c1-2-16-10(15)8-9(12)14-4-3-6(11)5-7(14)13-8/h3-5H,2,12H2,1H3. The van der Waals surface area contributed by atoms with Crippen molar-refractivity contribution in [2.75, 3.05) is 12.3 Å². The fourth-order valence-corrected chi connectivity index (χ4v) is 1.54. The Morgan fingerprint density at radius 2 is 2.44 bits per heavy atom. The molecule has 16 heavy (non-hydrogen) atoms. The molecule has 0 aliphatic carbocycles. The van der Waals surface area contributed by atoms with Gasteiger partial charge in [-0.3, -0.25) is 4.40 Å². The number of carbonyl (C=O) groups excluding carboxylic acids is 1. The predicted octanol–water partition coefficient (Wildman–Crippen LogP) is 1.75. The first-order valence-corrected chi connectivity index (χ1v) is 5.11. The zero-order chi connectivity index (χ0) is 11.7. The van der Waals surface area contributed by atoms with Crippen molar-refractivity contribution in [1.29, 1.82) is 0 Å². The predicted molar refractivity (Wildman–Crippen MR) is 60.6 cm³/mol. The number of imidazole rings is 1. The van der Waals surface area contributed by atoms with Crippen molar-refractivity contribution in [1.82, 2.24) is 9.38 Å². The van der Waals surface area contributed by atoms with Gasteiger partial charge >= 0.3 is 5.97 Å². The van der Waals surface area contributed by atoms with E-state index in [1.54, 1.807) is 29.7 Å². The van der Waals surface area contributed by atoms with Gasteiger partial charge in [0.05, 0.1) is 6.61 Å². The number of anilines is 1. The van der Waals surface area contributed by atoms with Crippen molar-refractivity contribution in [2.45, 2.75) is 6.92 Å². The number of hydrogen-bond acceptors (Lipinski definition) is 4. The molecule has 2 aromatic heterocycles. The van der Waals surface area contributed by atoms with Gasteiger partial charge in [-0.2, -0.15) is 0 Å². The number of nitrogen functional groups attached to an aromatic ring is 1. The van der Waals surface area contributed by atoms with Crippen LogP contribution in [0.5, 0.6) is 0 Å². The van der Waals surface area contributed by atoms with E-state index in [9.17, 15) is 4.79 Å². The van der Waals surface area contributed by atoms with E-state index < -0.39 is 5.97 Å². The monoisotopic (exact) mass is 239 g/mol. The van der Waals surface area contributed by atoms with Gasteiger partial charge in [0.1, 0.15) is 11.5 Å². The zero-order valence-corrected chi connectivity index (χ0v) is 9.36. The van der Waals surface area contributed by atoms with Crippen LogP contribution in [0.3, 0.4) is 0 Å². The summed E-state index contributed by atoms with van der Waals surface area (Å²) in [6.07, 6.45) is 1.66. The zero-order valence-electron chi connectivity index (χ0n) is 8.61. The highest BCUT2D eigenvalue weighted by Gasteiger charge is 2.17. The van der Waals surface area contributed by atoms with E-state index in [0.29, 0.717) is 10.7 Å². The van der Waals surface area contributed by atoms with Crippen molar-refractivity contribution in [2.24, 2.45) is 0 Å². The summed E-state index contributed by atoms with van der Waals surface area (Å²) in [5.41, 5.74) is 6.41. The Morgan fingerprint density at radius 1 is 1.69 bits per heavy atom. The van der Waals surface area contributed by atoms with Crippen molar-refractivity contribution < 1.29 is 9.53 Å². The van der Waals surface area contributed by atoms with E-state index >= 15 is 0 Å². The summed E-state index contributed by atoms with van der Waals surface area (Å²) >= 11 is 5.81. The fourth-order valence-electron chi connectivity index (χ4n) is 1.39. The molecule has 0 saturated carbocycles. The van der Waals surface area contributed by atoms with E-state index in [1.807, 2.05) is 0 Å². The maximum Gasteiger partial charge on any atom is 0.360 e. The average Bonchev–Trinajstić information content (AvgIpc) is 2.56. The van der Waals surface area contributed by atoms with Crippen LogP contribution in [0.2, 0.25) is 5.02 Å². The first-order chi connectivity index (χ1) is 7.63. The molecule has 84 valence electrons. The van der Waals surface area contributed by atoms with E-state index in [-0.39, 0.29) is 18.1 Å². The number of ether oxygens (including phenoxy) is 1. The Balaban J connectivity index is 2.55. The first-order valence-electron chi connectivity index (χ1n) is 4.73. The maximum atomic E-state index is 11.5. The van der Waals surface area contributed by atoms with Crippen molar-refractivity contribution in [3.05, 3.63) is 29.0 Å². The number of pyridine rings is 1. The second-order valence-corrected chi connectivity index (χ2v) is 3.58. The largest absolute Gasteiger partial charge is 0.461 e. The Kier molecular flexibility index (Phi) is 2.70. The van der Waals surface area contributed by atoms with Gasteiger partial charge in [0.25, 0.3) is 0 Å². The van der Waals surface area contributed by atoms with Crippen molar-refractivity contribution >= 4 is 29.0 Å². The van der Waals surface area contributed by atoms with Crippen LogP contribution in [0.1, 0.15) is 17.4 Å². The summed E-state index contributed by atoms with van der Waals surface area (Å²) in [6, 6.07) is 3.29. The normalized spacial score (nSPS) is 10.6. The van der Waals surface area contributed by atoms with Crippen LogP contribution in [0.4, 0.5) is 5.82 Å². The number of carbonyl (C=O) groups is 1. The molecule has 0 bridgehead atoms. The summed E-state index contributed by atoms with van der Waals surface area (Å²) in [5.74, 6) is -0.273. The average molecular weight is 240 g/mol. The Bertz CT molecular complexity index is 550. The second kappa shape index (κ2) is 4.02. The number of nitrogens with zero attached hydrogens (tertiary/aromatic N) is 2. The Hall–Kier alpha value is -1.75. The lowest BCUT2D eigenvalue weighted by Gasteiger charge is -1.98. The smallest absolute Gasteiger partial charge is 0.360 e. The molecule has 0 fully saturated rings. The van der Waals surface area contributed by atoms with E-state index in [4.69, 9.17) is 22.1 Å². The molecule has 0 amide bonds. The molecule has 6 heteroatoms. The van der Waals surface area contributed by atoms with E-state index in [2.05, 4.69) is 4.98 Å². The number of halogens is 1. The molecule has 0 radical (unpaired) electrons. The van der Waals surface area contributed by atoms with Crippen LogP contribution in [-0.4, -0.2) is 22.0 Å². The molecule has 0 atom stereocenters. The highest BCUT2D eigenvalue weighted by molar-refractivity contribution is 6.30. The molecule has 2 heterocycles. The number of fused-ring (bicyclic) bond motifs is 1. The number of aromatic nitrogens is 2. The van der Waals surface area contributed by atoms with Gasteiger partial charge in [-0.25, -0.2) is 9.78 Å². The molecule has 5 nitrogen and oxygen atoms in total. The molecular weight excluding hydrogens is 230 g/mol. The molecule has 0 spiro atoms. The van der Waals surface area contributed by atoms with Crippen molar-refractivity contribution in [3.63, 3.8) is 0 Å². The first kappa shape index (κ1) is 10.8. The SMILES string of the molecule is CCOC(=O)c1nc2cc(Cl)ccn2c1N. The number of hydrogen-bond donors (Lipinski definition) is 1. The fraction of sp³-hybridized carbons (Fsp3) is 0.200. The lowest BCUT2D eigenvalue weighted by atomic mass is 10.4. The van der Waals surface area contributed by atoms with Gasteiger partial charge < -0.3 is 10.5 Å². The van der Waals surface area contributed by atoms with E-state index in [1.165, 1.54) is 0 Å². The van der Waals surface area contributed by atoms with E-state index in [0.717, 1.165) is 0 Å². The number of nitrogens with two attached hydrogens (primary N) is 1. The second-order valence-electron chi connectivity index (χ2n) is 3.14. The number of rotatable bonds is 2. The van der Waals surface area contributed by atoms with Gasteiger partial charge in [-0.15, -0.1) is 0 Å². The Labute approximate surface area is 96.8 Å². The molecule has 0 aliphatic heterocycles. The molecular formula is C10H10ClN3O2. The summed E-state index contributed by atoms with van der Waals surface area (Å²) in [7, 11) is 0. The molecule has 0 unspecified atom stereocenters. The molecule has 2 aromatic rings. The van der Waals surface area contributed by atoms with Crippen LogP contribution >= 0.6 is 11.6 Å². The summed E-state index contributed by atoms with van der Waals surface area (Å²) in [6.45, 7) is 2.01. The molecule has 0 aromatic carbocycles. The maximum absolute atomic E-state index is 11.5. The topological polar surface area (TPSA) is 69.6 Å². The third kappa shape index (κ3) is 1.69. The molecule has 0 aliphatic rings. The Morgan fingerprint density at radius 3 is 3.12 bits per heavy atom. The van der Waals surface area contributed by atoms with Crippen molar-refractivity contribution in [3.8, 4) is 0 Å². The van der Waals surface area contributed by atoms with Gasteiger partial charge in [-0.05, 0) is 13.0 Å². The minimum Gasteiger partial charge on any atom is -0.461 e. The quantitative estimate of drug-likeness (QED) is 0.811. The van der Waals surface area contributed by atoms with Crippen LogP contribution in [0.15, 0.2) is 18.3 Å². The summed E-state index contributed by atoms with van der Waals surface area (Å²) in [4.78, 5) is 15.6. The van der Waals surface area contributed by atoms with Crippen LogP contribution in [0, 0.1) is 0 Å². The van der Waals surface area contributed by atoms with Gasteiger partial charge in [-0.1, -0.05) is 11.6 Å². The minimum absolute atomic E-state index is 0.115. The van der Waals surface area contributed by atoms with Gasteiger partial charge in [0.2, 0.25) is 0 Å². The van der Waals surface area contributed by atoms with Crippen LogP contribution in [-0.2, 0) is 4.74 Å². The minimum atomic E-state index is -0.528. The summed E-state index contributed by atoms with van der Waals surface area (Å²) in [5, 5.41) is 0.535. The third-order valence-corrected chi connectivity index (χ3v) is 2.33. The third-order valence-electron chi connectivity index (χ3n) is 2.09. The van der Waals surface area contributed by atoms with Gasteiger partial charge in [0, 0.05) is 17.3 Å². The highest BCUT2D eigenvalue weighted by atomic mass is 35.5. The summed E-state index contributed by atoms with van der Waals surface area (Å²) < 4.78 is 6.42. The van der Waals surface area contributed by atoms with Crippen LogP contribution in [0.25, 0.3) is 5.65 Å². The molecule has 2 rings (SSSR count). The number of esters is 1. The van der Waals surface area contributed by atoms with Gasteiger partial charge in [0.15, 0.2) is 5.69 Å². The lowest BCUT2D eigenvalue weighted by molar-refractivity contribution is 0.0521. The molecule has 0 saturated heterocycles. The molecule has 2 N–H and O–H groups in total. The lowest BCUT2D eigenvalue weighted by Crippen LogP contribution is -2.08.